The summed E-state index contributed by atoms with van der Waals surface area (Å²) < 4.78 is 0.300. The highest BCUT2D eigenvalue weighted by molar-refractivity contribution is 8.00. The minimum atomic E-state index is -0.167. The standard InChI is InChI=1S/C8H10ClN3OS2/c1-4-2-5(3-14-4)10-6(13)7-11-12-8(9)15-7/h4-5H,2-3H2,1H3,(H,10,13). The Labute approximate surface area is 101 Å². The zero-order valence-electron chi connectivity index (χ0n) is 8.07. The molecule has 1 fully saturated rings. The Morgan fingerprint density at radius 2 is 2.40 bits per heavy atom. The molecule has 0 saturated carbocycles. The van der Waals surface area contributed by atoms with Gasteiger partial charge in [-0.3, -0.25) is 4.79 Å². The Morgan fingerprint density at radius 3 is 2.93 bits per heavy atom. The van der Waals surface area contributed by atoms with E-state index in [2.05, 4.69) is 22.4 Å². The van der Waals surface area contributed by atoms with Crippen molar-refractivity contribution in [2.24, 2.45) is 0 Å². The highest BCUT2D eigenvalue weighted by Gasteiger charge is 2.24. The van der Waals surface area contributed by atoms with Crippen LogP contribution in [0.4, 0.5) is 0 Å². The Kier molecular flexibility index (Phi) is 3.48. The topological polar surface area (TPSA) is 54.9 Å². The van der Waals surface area contributed by atoms with Gasteiger partial charge in [-0.25, -0.2) is 0 Å². The average molecular weight is 264 g/mol. The molecule has 1 aliphatic rings. The van der Waals surface area contributed by atoms with Gasteiger partial charge in [0.1, 0.15) is 0 Å². The minimum Gasteiger partial charge on any atom is -0.346 e. The molecule has 2 atom stereocenters. The number of amides is 1. The van der Waals surface area contributed by atoms with E-state index in [1.165, 1.54) is 0 Å². The van der Waals surface area contributed by atoms with Crippen molar-refractivity contribution in [3.8, 4) is 0 Å². The molecule has 2 heterocycles. The van der Waals surface area contributed by atoms with Gasteiger partial charge in [0.15, 0.2) is 0 Å². The van der Waals surface area contributed by atoms with Crippen molar-refractivity contribution >= 4 is 40.6 Å². The first-order valence-electron chi connectivity index (χ1n) is 4.56. The monoisotopic (exact) mass is 263 g/mol. The zero-order chi connectivity index (χ0) is 10.8. The highest BCUT2D eigenvalue weighted by Crippen LogP contribution is 2.26. The average Bonchev–Trinajstić information content (AvgIpc) is 2.75. The fraction of sp³-hybridized carbons (Fsp3) is 0.625. The van der Waals surface area contributed by atoms with Crippen LogP contribution in [-0.2, 0) is 0 Å². The molecule has 0 bridgehead atoms. The number of nitrogens with zero attached hydrogens (tertiary/aromatic N) is 2. The Balaban J connectivity index is 1.92. The van der Waals surface area contributed by atoms with Crippen LogP contribution in [0.2, 0.25) is 4.47 Å². The highest BCUT2D eigenvalue weighted by atomic mass is 35.5. The zero-order valence-corrected chi connectivity index (χ0v) is 10.5. The fourth-order valence-electron chi connectivity index (χ4n) is 1.46. The first-order valence-corrected chi connectivity index (χ1v) is 6.81. The smallest absolute Gasteiger partial charge is 0.282 e. The third kappa shape index (κ3) is 2.83. The van der Waals surface area contributed by atoms with Crippen molar-refractivity contribution in [2.75, 3.05) is 5.75 Å². The summed E-state index contributed by atoms with van der Waals surface area (Å²) in [5.41, 5.74) is 0. The number of carbonyl (C=O) groups excluding carboxylic acids is 1. The van der Waals surface area contributed by atoms with Crippen LogP contribution in [0.5, 0.6) is 0 Å². The first-order chi connectivity index (χ1) is 7.15. The van der Waals surface area contributed by atoms with Crippen LogP contribution in [0, 0.1) is 0 Å². The Morgan fingerprint density at radius 1 is 1.60 bits per heavy atom. The van der Waals surface area contributed by atoms with Crippen molar-refractivity contribution in [3.05, 3.63) is 9.47 Å². The van der Waals surface area contributed by atoms with Gasteiger partial charge >= 0.3 is 0 Å². The van der Waals surface area contributed by atoms with Crippen molar-refractivity contribution in [3.63, 3.8) is 0 Å². The number of aromatic nitrogens is 2. The van der Waals surface area contributed by atoms with Crippen molar-refractivity contribution in [2.45, 2.75) is 24.6 Å². The van der Waals surface area contributed by atoms with E-state index in [0.717, 1.165) is 23.5 Å². The van der Waals surface area contributed by atoms with Gasteiger partial charge in [-0.1, -0.05) is 18.3 Å². The maximum atomic E-state index is 11.6. The molecule has 1 aliphatic heterocycles. The van der Waals surface area contributed by atoms with E-state index in [4.69, 9.17) is 11.6 Å². The predicted octanol–water partition coefficient (Wildman–Crippen LogP) is 1.82. The molecule has 1 saturated heterocycles. The van der Waals surface area contributed by atoms with Gasteiger partial charge in [-0.15, -0.1) is 10.2 Å². The summed E-state index contributed by atoms with van der Waals surface area (Å²) in [7, 11) is 0. The molecule has 4 nitrogen and oxygen atoms in total. The second-order valence-corrected chi connectivity index (χ2v) is 6.44. The third-order valence-corrected chi connectivity index (χ3v) is 4.50. The minimum absolute atomic E-state index is 0.167. The summed E-state index contributed by atoms with van der Waals surface area (Å²) in [6.07, 6.45) is 1.02. The second kappa shape index (κ2) is 4.67. The van der Waals surface area contributed by atoms with Crippen LogP contribution in [0.25, 0.3) is 0 Å². The van der Waals surface area contributed by atoms with Gasteiger partial charge < -0.3 is 5.32 Å². The van der Waals surface area contributed by atoms with Crippen molar-refractivity contribution in [1.82, 2.24) is 15.5 Å². The van der Waals surface area contributed by atoms with E-state index in [0.29, 0.717) is 14.7 Å². The van der Waals surface area contributed by atoms with Crippen molar-refractivity contribution < 1.29 is 4.79 Å². The molecule has 0 radical (unpaired) electrons. The van der Waals surface area contributed by atoms with Crippen LogP contribution < -0.4 is 5.32 Å². The Hall–Kier alpha value is -0.330. The van der Waals surface area contributed by atoms with Gasteiger partial charge in [0.25, 0.3) is 5.91 Å². The lowest BCUT2D eigenvalue weighted by molar-refractivity contribution is 0.0939. The summed E-state index contributed by atoms with van der Waals surface area (Å²) in [6, 6.07) is 0.250. The van der Waals surface area contributed by atoms with Crippen molar-refractivity contribution in [1.29, 1.82) is 0 Å². The van der Waals surface area contributed by atoms with Gasteiger partial charge in [0, 0.05) is 17.0 Å². The lowest BCUT2D eigenvalue weighted by Crippen LogP contribution is -2.34. The molecule has 0 spiro atoms. The van der Waals surface area contributed by atoms with E-state index in [9.17, 15) is 4.79 Å². The molecule has 1 N–H and O–H groups in total. The van der Waals surface area contributed by atoms with E-state index < -0.39 is 0 Å². The molecule has 82 valence electrons. The quantitative estimate of drug-likeness (QED) is 0.884. The van der Waals surface area contributed by atoms with Crippen LogP contribution in [0.15, 0.2) is 0 Å². The van der Waals surface area contributed by atoms with E-state index in [-0.39, 0.29) is 11.9 Å². The number of thioether (sulfide) groups is 1. The maximum Gasteiger partial charge on any atom is 0.282 e. The first kappa shape index (κ1) is 11.2. The molecule has 1 aromatic heterocycles. The number of rotatable bonds is 2. The summed E-state index contributed by atoms with van der Waals surface area (Å²) in [4.78, 5) is 11.6. The molecule has 7 heteroatoms. The summed E-state index contributed by atoms with van der Waals surface area (Å²) >= 11 is 8.58. The third-order valence-electron chi connectivity index (χ3n) is 2.13. The summed E-state index contributed by atoms with van der Waals surface area (Å²) in [6.45, 7) is 2.17. The van der Waals surface area contributed by atoms with E-state index in [1.807, 2.05) is 11.8 Å². The molecular weight excluding hydrogens is 254 g/mol. The lowest BCUT2D eigenvalue weighted by atomic mass is 10.2. The van der Waals surface area contributed by atoms with Gasteiger partial charge in [0.2, 0.25) is 9.47 Å². The number of nitrogens with one attached hydrogen (secondary N) is 1. The molecule has 1 aromatic rings. The van der Waals surface area contributed by atoms with Crippen LogP contribution in [0.1, 0.15) is 23.1 Å². The molecule has 1 amide bonds. The lowest BCUT2D eigenvalue weighted by Gasteiger charge is -2.09. The summed E-state index contributed by atoms with van der Waals surface area (Å²) in [5.74, 6) is 0.804. The van der Waals surface area contributed by atoms with Gasteiger partial charge in [-0.2, -0.15) is 11.8 Å². The largest absolute Gasteiger partial charge is 0.346 e. The van der Waals surface area contributed by atoms with E-state index in [1.54, 1.807) is 0 Å². The number of carbonyl (C=O) groups is 1. The van der Waals surface area contributed by atoms with Crippen LogP contribution in [-0.4, -0.2) is 33.1 Å². The second-order valence-electron chi connectivity index (χ2n) is 3.41. The van der Waals surface area contributed by atoms with Crippen LogP contribution >= 0.6 is 34.7 Å². The fourth-order valence-corrected chi connectivity index (χ4v) is 3.34. The molecule has 2 rings (SSSR count). The number of hydrogen-bond acceptors (Lipinski definition) is 5. The number of halogens is 1. The van der Waals surface area contributed by atoms with Gasteiger partial charge in [-0.05, 0) is 18.0 Å². The summed E-state index contributed by atoms with van der Waals surface area (Å²) in [5, 5.41) is 11.2. The molecule has 15 heavy (non-hydrogen) atoms. The number of hydrogen-bond donors (Lipinski definition) is 1. The Bertz CT molecular complexity index is 371. The van der Waals surface area contributed by atoms with E-state index >= 15 is 0 Å². The van der Waals surface area contributed by atoms with Crippen LogP contribution in [0.3, 0.4) is 0 Å². The normalized spacial score (nSPS) is 25.5. The van der Waals surface area contributed by atoms with Gasteiger partial charge in [0.05, 0.1) is 0 Å². The maximum absolute atomic E-state index is 11.6. The predicted molar refractivity (Wildman–Crippen MR) is 62.7 cm³/mol. The molecule has 0 aliphatic carbocycles. The molecular formula is C8H10ClN3OS2. The molecule has 2 unspecified atom stereocenters. The SMILES string of the molecule is CC1CC(NC(=O)c2nnc(Cl)s2)CS1. The molecule has 0 aromatic carbocycles.